The molecule has 2 aromatic rings. The minimum atomic E-state index is -0.363. The lowest BCUT2D eigenvalue weighted by atomic mass is 10.2. The third-order valence-electron chi connectivity index (χ3n) is 1.86. The molecule has 5 nitrogen and oxygen atoms in total. The SMILES string of the molecule is Nc1cc(F)ccc1NCc1ncon1. The maximum atomic E-state index is 12.7. The summed E-state index contributed by atoms with van der Waals surface area (Å²) in [5.74, 6) is 0.149. The van der Waals surface area contributed by atoms with Crippen molar-refractivity contribution >= 4 is 11.4 Å². The van der Waals surface area contributed by atoms with Gasteiger partial charge in [-0.25, -0.2) is 4.39 Å². The molecule has 15 heavy (non-hydrogen) atoms. The van der Waals surface area contributed by atoms with Crippen LogP contribution >= 0.6 is 0 Å². The highest BCUT2D eigenvalue weighted by molar-refractivity contribution is 5.65. The maximum Gasteiger partial charge on any atom is 0.213 e. The normalized spacial score (nSPS) is 10.2. The number of nitrogens with zero attached hydrogens (tertiary/aromatic N) is 2. The lowest BCUT2D eigenvalue weighted by molar-refractivity contribution is 0.411. The van der Waals surface area contributed by atoms with Gasteiger partial charge in [-0.2, -0.15) is 4.98 Å². The van der Waals surface area contributed by atoms with Crippen LogP contribution in [0.5, 0.6) is 0 Å². The van der Waals surface area contributed by atoms with E-state index in [1.807, 2.05) is 0 Å². The fraction of sp³-hybridized carbons (Fsp3) is 0.111. The lowest BCUT2D eigenvalue weighted by Crippen LogP contribution is -2.03. The van der Waals surface area contributed by atoms with Crippen LogP contribution < -0.4 is 11.1 Å². The Morgan fingerprint density at radius 1 is 1.47 bits per heavy atom. The van der Waals surface area contributed by atoms with Crippen LogP contribution in [0.15, 0.2) is 29.1 Å². The molecule has 6 heteroatoms. The molecule has 0 unspecified atom stereocenters. The third kappa shape index (κ3) is 2.22. The molecule has 1 aromatic heterocycles. The second-order valence-corrected chi connectivity index (χ2v) is 2.93. The van der Waals surface area contributed by atoms with Crippen LogP contribution in [0.3, 0.4) is 0 Å². The fourth-order valence-corrected chi connectivity index (χ4v) is 1.14. The van der Waals surface area contributed by atoms with Crippen LogP contribution in [0.4, 0.5) is 15.8 Å². The van der Waals surface area contributed by atoms with E-state index in [0.29, 0.717) is 23.7 Å². The van der Waals surface area contributed by atoms with Gasteiger partial charge in [0.05, 0.1) is 17.9 Å². The molecule has 0 aliphatic heterocycles. The molecular formula is C9H9FN4O. The van der Waals surface area contributed by atoms with Crippen molar-refractivity contribution in [2.75, 3.05) is 11.1 Å². The van der Waals surface area contributed by atoms with E-state index in [4.69, 9.17) is 5.73 Å². The largest absolute Gasteiger partial charge is 0.397 e. The summed E-state index contributed by atoms with van der Waals surface area (Å²) in [5, 5.41) is 6.58. The van der Waals surface area contributed by atoms with E-state index in [1.165, 1.54) is 18.5 Å². The predicted molar refractivity (Wildman–Crippen MR) is 52.4 cm³/mol. The number of benzene rings is 1. The van der Waals surface area contributed by atoms with Gasteiger partial charge in [0.15, 0.2) is 5.82 Å². The number of nitrogen functional groups attached to an aromatic ring is 1. The molecule has 0 spiro atoms. The fourth-order valence-electron chi connectivity index (χ4n) is 1.14. The number of hydrogen-bond acceptors (Lipinski definition) is 5. The van der Waals surface area contributed by atoms with Gasteiger partial charge < -0.3 is 15.6 Å². The summed E-state index contributed by atoms with van der Waals surface area (Å²) in [6.45, 7) is 0.381. The monoisotopic (exact) mass is 208 g/mol. The van der Waals surface area contributed by atoms with Gasteiger partial charge in [0.25, 0.3) is 0 Å². The topological polar surface area (TPSA) is 77.0 Å². The number of halogens is 1. The Bertz CT molecular complexity index is 443. The number of nitrogens with one attached hydrogen (secondary N) is 1. The lowest BCUT2D eigenvalue weighted by Gasteiger charge is -2.06. The third-order valence-corrected chi connectivity index (χ3v) is 1.86. The summed E-state index contributed by atoms with van der Waals surface area (Å²) >= 11 is 0. The second-order valence-electron chi connectivity index (χ2n) is 2.93. The molecular weight excluding hydrogens is 199 g/mol. The second kappa shape index (κ2) is 3.95. The van der Waals surface area contributed by atoms with E-state index in [2.05, 4.69) is 20.0 Å². The van der Waals surface area contributed by atoms with Crippen molar-refractivity contribution in [3.63, 3.8) is 0 Å². The Morgan fingerprint density at radius 3 is 3.00 bits per heavy atom. The number of aromatic nitrogens is 2. The Hall–Kier alpha value is -2.11. The maximum absolute atomic E-state index is 12.7. The molecule has 2 rings (SSSR count). The van der Waals surface area contributed by atoms with Gasteiger partial charge in [-0.1, -0.05) is 5.16 Å². The van der Waals surface area contributed by atoms with E-state index in [0.717, 1.165) is 0 Å². The molecule has 0 bridgehead atoms. The molecule has 0 aliphatic carbocycles. The summed E-state index contributed by atoms with van der Waals surface area (Å²) < 4.78 is 17.3. The van der Waals surface area contributed by atoms with Crippen LogP contribution in [-0.4, -0.2) is 10.1 Å². The Balaban J connectivity index is 2.05. The molecule has 78 valence electrons. The first-order valence-electron chi connectivity index (χ1n) is 4.30. The molecule has 0 fully saturated rings. The number of anilines is 2. The van der Waals surface area contributed by atoms with Gasteiger partial charge in [-0.3, -0.25) is 0 Å². The molecule has 0 saturated heterocycles. The van der Waals surface area contributed by atoms with Crippen molar-refractivity contribution in [1.82, 2.24) is 10.1 Å². The van der Waals surface area contributed by atoms with E-state index in [9.17, 15) is 4.39 Å². The zero-order chi connectivity index (χ0) is 10.7. The molecule has 1 heterocycles. The van der Waals surface area contributed by atoms with Gasteiger partial charge >= 0.3 is 0 Å². The van der Waals surface area contributed by atoms with E-state index < -0.39 is 0 Å². The Labute approximate surface area is 85.1 Å². The number of nitrogens with two attached hydrogens (primary N) is 1. The molecule has 0 atom stereocenters. The first-order chi connectivity index (χ1) is 7.25. The van der Waals surface area contributed by atoms with Crippen molar-refractivity contribution < 1.29 is 8.91 Å². The summed E-state index contributed by atoms with van der Waals surface area (Å²) in [4.78, 5) is 3.82. The van der Waals surface area contributed by atoms with Crippen molar-refractivity contribution in [2.24, 2.45) is 0 Å². The van der Waals surface area contributed by atoms with Crippen LogP contribution in [0.2, 0.25) is 0 Å². The molecule has 0 aliphatic rings. The minimum absolute atomic E-state index is 0.346. The zero-order valence-corrected chi connectivity index (χ0v) is 7.77. The summed E-state index contributed by atoms with van der Waals surface area (Å²) in [6, 6.07) is 4.14. The highest BCUT2D eigenvalue weighted by atomic mass is 19.1. The van der Waals surface area contributed by atoms with Crippen molar-refractivity contribution in [2.45, 2.75) is 6.54 Å². The van der Waals surface area contributed by atoms with Crippen LogP contribution in [0, 0.1) is 5.82 Å². The van der Waals surface area contributed by atoms with Crippen molar-refractivity contribution in [3.8, 4) is 0 Å². The van der Waals surface area contributed by atoms with Gasteiger partial charge in [0, 0.05) is 0 Å². The molecule has 0 amide bonds. The summed E-state index contributed by atoms with van der Waals surface area (Å²) in [5.41, 5.74) is 6.58. The van der Waals surface area contributed by atoms with Gasteiger partial charge in [-0.05, 0) is 18.2 Å². The molecule has 0 radical (unpaired) electrons. The Kier molecular flexibility index (Phi) is 2.49. The van der Waals surface area contributed by atoms with Gasteiger partial charge in [-0.15, -0.1) is 0 Å². The van der Waals surface area contributed by atoms with Crippen molar-refractivity contribution in [1.29, 1.82) is 0 Å². The average Bonchev–Trinajstić information content (AvgIpc) is 2.69. The standard InChI is InChI=1S/C9H9FN4O/c10-6-1-2-8(7(11)3-6)12-4-9-13-5-15-14-9/h1-3,5,12H,4,11H2. The van der Waals surface area contributed by atoms with Crippen LogP contribution in [0.1, 0.15) is 5.82 Å². The molecule has 3 N–H and O–H groups in total. The highest BCUT2D eigenvalue weighted by Gasteiger charge is 2.02. The van der Waals surface area contributed by atoms with Crippen molar-refractivity contribution in [3.05, 3.63) is 36.2 Å². The van der Waals surface area contributed by atoms with Crippen LogP contribution in [0.25, 0.3) is 0 Å². The average molecular weight is 208 g/mol. The van der Waals surface area contributed by atoms with Gasteiger partial charge in [0.2, 0.25) is 6.39 Å². The van der Waals surface area contributed by atoms with E-state index in [-0.39, 0.29) is 5.82 Å². The first-order valence-corrected chi connectivity index (χ1v) is 4.30. The molecule has 1 aromatic carbocycles. The first kappa shape index (κ1) is 9.45. The zero-order valence-electron chi connectivity index (χ0n) is 7.77. The van der Waals surface area contributed by atoms with Crippen LogP contribution in [-0.2, 0) is 6.54 Å². The molecule has 0 saturated carbocycles. The predicted octanol–water partition coefficient (Wildman–Crippen LogP) is 1.40. The van der Waals surface area contributed by atoms with E-state index in [1.54, 1.807) is 6.07 Å². The number of hydrogen-bond donors (Lipinski definition) is 2. The Morgan fingerprint density at radius 2 is 2.33 bits per heavy atom. The van der Waals surface area contributed by atoms with Gasteiger partial charge in [0.1, 0.15) is 5.82 Å². The quantitative estimate of drug-likeness (QED) is 0.745. The summed E-state index contributed by atoms with van der Waals surface area (Å²) in [6.07, 6.45) is 1.24. The minimum Gasteiger partial charge on any atom is -0.397 e. The number of rotatable bonds is 3. The highest BCUT2D eigenvalue weighted by Crippen LogP contribution is 2.19. The smallest absolute Gasteiger partial charge is 0.213 e. The summed E-state index contributed by atoms with van der Waals surface area (Å²) in [7, 11) is 0. The van der Waals surface area contributed by atoms with E-state index >= 15 is 0 Å².